The van der Waals surface area contributed by atoms with Crippen LogP contribution in [0.2, 0.25) is 0 Å². The van der Waals surface area contributed by atoms with Crippen molar-refractivity contribution in [3.63, 3.8) is 0 Å². The molecular formula is C21H28N6O2S. The molecule has 0 bridgehead atoms. The fraction of sp³-hybridized carbons (Fsp3) is 0.619. The molecule has 0 aromatic carbocycles. The molecule has 2 fully saturated rings. The molecule has 1 N–H and O–H groups in total. The number of nitrogens with one attached hydrogen (secondary N) is 1. The molecule has 2 atom stereocenters. The Hall–Kier alpha value is -2.13. The maximum Gasteiger partial charge on any atom is 0.227 e. The van der Waals surface area contributed by atoms with Crippen molar-refractivity contribution < 1.29 is 9.35 Å². The summed E-state index contributed by atoms with van der Waals surface area (Å²) in [6, 6.07) is 0.120. The van der Waals surface area contributed by atoms with Gasteiger partial charge in [-0.05, 0) is 30.4 Å². The van der Waals surface area contributed by atoms with Crippen molar-refractivity contribution in [2.45, 2.75) is 49.5 Å². The molecular weight excluding hydrogens is 400 g/mol. The van der Waals surface area contributed by atoms with Gasteiger partial charge in [-0.2, -0.15) is 4.98 Å². The van der Waals surface area contributed by atoms with Gasteiger partial charge in [-0.15, -0.1) is 0 Å². The number of hydrogen-bond donors (Lipinski definition) is 1. The summed E-state index contributed by atoms with van der Waals surface area (Å²) in [6.07, 6.45) is 9.30. The SMILES string of the molecule is CN1C[C@@H](Nc2nc(N3CCC(C4=CCC=N4)CC3)nc3c2[S+]([O-])CC3)CCC1=O. The van der Waals surface area contributed by atoms with E-state index in [2.05, 4.69) is 21.3 Å². The average Bonchev–Trinajstić information content (AvgIpc) is 3.41. The van der Waals surface area contributed by atoms with E-state index in [1.165, 1.54) is 5.70 Å². The average molecular weight is 429 g/mol. The molecule has 4 aliphatic rings. The van der Waals surface area contributed by atoms with E-state index in [1.807, 2.05) is 13.3 Å². The zero-order valence-corrected chi connectivity index (χ0v) is 18.2. The molecule has 0 spiro atoms. The van der Waals surface area contributed by atoms with Crippen LogP contribution in [0.5, 0.6) is 0 Å². The number of rotatable bonds is 4. The van der Waals surface area contributed by atoms with Crippen molar-refractivity contribution in [1.29, 1.82) is 0 Å². The molecule has 9 heteroatoms. The second-order valence-electron chi connectivity index (χ2n) is 8.54. The minimum absolute atomic E-state index is 0.120. The van der Waals surface area contributed by atoms with Crippen LogP contribution in [-0.2, 0) is 22.4 Å². The Labute approximate surface area is 180 Å². The Kier molecular flexibility index (Phi) is 5.41. The number of fused-ring (bicyclic) bond motifs is 1. The number of hydrogen-bond acceptors (Lipinski definition) is 7. The minimum Gasteiger partial charge on any atom is -0.611 e. The van der Waals surface area contributed by atoms with Gasteiger partial charge in [0, 0.05) is 69.8 Å². The minimum atomic E-state index is -1.06. The van der Waals surface area contributed by atoms with Gasteiger partial charge in [-0.3, -0.25) is 9.79 Å². The topological polar surface area (TPSA) is 96.8 Å². The van der Waals surface area contributed by atoms with Crippen LogP contribution in [0.4, 0.5) is 11.8 Å². The predicted octanol–water partition coefficient (Wildman–Crippen LogP) is 1.75. The number of allylic oxidation sites excluding steroid dienone is 2. The lowest BCUT2D eigenvalue weighted by molar-refractivity contribution is -0.132. The lowest BCUT2D eigenvalue weighted by Crippen LogP contribution is -2.43. The third kappa shape index (κ3) is 3.80. The summed E-state index contributed by atoms with van der Waals surface area (Å²) >= 11 is -1.06. The summed E-state index contributed by atoms with van der Waals surface area (Å²) in [4.78, 5) is 30.7. The second kappa shape index (κ2) is 8.19. The van der Waals surface area contributed by atoms with E-state index in [4.69, 9.17) is 9.97 Å². The van der Waals surface area contributed by atoms with Gasteiger partial charge < -0.3 is 19.7 Å². The first-order chi connectivity index (χ1) is 14.6. The Bertz CT molecular complexity index is 896. The fourth-order valence-electron chi connectivity index (χ4n) is 4.78. The molecule has 0 aliphatic carbocycles. The highest BCUT2D eigenvalue weighted by molar-refractivity contribution is 7.91. The van der Waals surface area contributed by atoms with Crippen molar-refractivity contribution in [2.75, 3.05) is 42.7 Å². The molecule has 2 saturated heterocycles. The number of anilines is 2. The van der Waals surface area contributed by atoms with Crippen LogP contribution < -0.4 is 10.2 Å². The normalized spacial score (nSPS) is 26.9. The van der Waals surface area contributed by atoms with E-state index >= 15 is 0 Å². The molecule has 0 radical (unpaired) electrons. The summed E-state index contributed by atoms with van der Waals surface area (Å²) in [5.74, 6) is 2.74. The van der Waals surface area contributed by atoms with Crippen LogP contribution in [0.1, 0.15) is 37.8 Å². The fourth-order valence-corrected chi connectivity index (χ4v) is 6.09. The van der Waals surface area contributed by atoms with Gasteiger partial charge in [0.15, 0.2) is 5.82 Å². The summed E-state index contributed by atoms with van der Waals surface area (Å²) < 4.78 is 12.6. The van der Waals surface area contributed by atoms with Gasteiger partial charge in [0.1, 0.15) is 11.4 Å². The second-order valence-corrected chi connectivity index (χ2v) is 10.0. The molecule has 5 rings (SSSR count). The molecule has 4 aliphatic heterocycles. The summed E-state index contributed by atoms with van der Waals surface area (Å²) in [5.41, 5.74) is 2.14. The molecule has 1 aromatic rings. The summed E-state index contributed by atoms with van der Waals surface area (Å²) in [6.45, 7) is 2.44. The number of carbonyl (C=O) groups is 1. The highest BCUT2D eigenvalue weighted by Crippen LogP contribution is 2.35. The van der Waals surface area contributed by atoms with Crippen LogP contribution in [0.15, 0.2) is 21.7 Å². The molecule has 1 amide bonds. The van der Waals surface area contributed by atoms with Gasteiger partial charge >= 0.3 is 0 Å². The van der Waals surface area contributed by atoms with Gasteiger partial charge in [0.05, 0.1) is 0 Å². The van der Waals surface area contributed by atoms with Crippen molar-refractivity contribution >= 4 is 35.1 Å². The molecule has 0 saturated carbocycles. The Morgan fingerprint density at radius 1 is 1.20 bits per heavy atom. The Morgan fingerprint density at radius 3 is 2.77 bits per heavy atom. The van der Waals surface area contributed by atoms with Crippen LogP contribution in [0, 0.1) is 5.92 Å². The first kappa shape index (κ1) is 19.8. The standard InChI is InChI=1S/C21H28N6O2S/c1-26-13-15(4-5-18(26)28)23-20-19-17(8-12-30(19)29)24-21(25-20)27-10-6-14(7-11-27)16-3-2-9-22-16/h3,9,14-15H,2,4-8,10-13H2,1H3,(H,23,24,25)/t15-,30?/m0/s1. The predicted molar refractivity (Wildman–Crippen MR) is 117 cm³/mol. The number of carbonyl (C=O) groups excluding carboxylic acids is 1. The third-order valence-corrected chi connectivity index (χ3v) is 7.97. The number of amides is 1. The van der Waals surface area contributed by atoms with Gasteiger partial charge in [0.2, 0.25) is 16.8 Å². The maximum absolute atomic E-state index is 12.6. The van der Waals surface area contributed by atoms with Crippen LogP contribution in [0.3, 0.4) is 0 Å². The van der Waals surface area contributed by atoms with E-state index in [9.17, 15) is 9.35 Å². The van der Waals surface area contributed by atoms with Gasteiger partial charge in [0.25, 0.3) is 0 Å². The monoisotopic (exact) mass is 428 g/mol. The van der Waals surface area contributed by atoms with Crippen LogP contribution >= 0.6 is 0 Å². The smallest absolute Gasteiger partial charge is 0.227 e. The quantitative estimate of drug-likeness (QED) is 0.734. The third-order valence-electron chi connectivity index (χ3n) is 6.51. The molecule has 1 aromatic heterocycles. The number of aliphatic imine (C=N–C) groups is 1. The maximum atomic E-state index is 12.6. The molecule has 30 heavy (non-hydrogen) atoms. The Balaban J connectivity index is 1.34. The van der Waals surface area contributed by atoms with E-state index in [0.29, 0.717) is 30.5 Å². The molecule has 8 nitrogen and oxygen atoms in total. The van der Waals surface area contributed by atoms with E-state index < -0.39 is 11.2 Å². The largest absolute Gasteiger partial charge is 0.611 e. The van der Waals surface area contributed by atoms with Crippen molar-refractivity contribution in [2.24, 2.45) is 10.9 Å². The van der Waals surface area contributed by atoms with Crippen LogP contribution in [-0.4, -0.2) is 70.0 Å². The summed E-state index contributed by atoms with van der Waals surface area (Å²) in [5, 5.41) is 3.50. The number of aromatic nitrogens is 2. The number of piperidine rings is 2. The van der Waals surface area contributed by atoms with Crippen molar-refractivity contribution in [3.8, 4) is 0 Å². The Morgan fingerprint density at radius 2 is 2.03 bits per heavy atom. The molecule has 5 heterocycles. The number of nitrogens with zero attached hydrogens (tertiary/aromatic N) is 5. The number of likely N-dealkylation sites (tertiary alicyclic amines) is 1. The van der Waals surface area contributed by atoms with Gasteiger partial charge in [-0.25, -0.2) is 4.98 Å². The van der Waals surface area contributed by atoms with E-state index in [1.54, 1.807) is 4.90 Å². The van der Waals surface area contributed by atoms with Crippen molar-refractivity contribution in [1.82, 2.24) is 14.9 Å². The first-order valence-electron chi connectivity index (χ1n) is 10.9. The first-order valence-corrected chi connectivity index (χ1v) is 12.2. The summed E-state index contributed by atoms with van der Waals surface area (Å²) in [7, 11) is 1.83. The van der Waals surface area contributed by atoms with Crippen molar-refractivity contribution in [3.05, 3.63) is 17.5 Å². The molecule has 1 unspecified atom stereocenters. The van der Waals surface area contributed by atoms with E-state index in [-0.39, 0.29) is 11.9 Å². The highest BCUT2D eigenvalue weighted by atomic mass is 32.2. The zero-order chi connectivity index (χ0) is 20.7. The highest BCUT2D eigenvalue weighted by Gasteiger charge is 2.35. The molecule has 160 valence electrons. The van der Waals surface area contributed by atoms with Gasteiger partial charge in [-0.1, -0.05) is 6.08 Å². The lowest BCUT2D eigenvalue weighted by Gasteiger charge is -2.33. The number of aryl methyl sites for hydroxylation is 1. The van der Waals surface area contributed by atoms with Crippen LogP contribution in [0.25, 0.3) is 0 Å². The van der Waals surface area contributed by atoms with E-state index in [0.717, 1.165) is 61.7 Å². The zero-order valence-electron chi connectivity index (χ0n) is 17.3. The number of likely N-dealkylation sites (N-methyl/N-ethyl adjacent to an activating group) is 1. The lowest BCUT2D eigenvalue weighted by atomic mass is 9.94.